The van der Waals surface area contributed by atoms with Crippen molar-refractivity contribution in [3.05, 3.63) is 58.1 Å². The zero-order chi connectivity index (χ0) is 14.8. The number of hydrogen-bond donors (Lipinski definition) is 0. The molecule has 0 spiro atoms. The first-order chi connectivity index (χ1) is 10.1. The van der Waals surface area contributed by atoms with Gasteiger partial charge < -0.3 is 4.74 Å². The van der Waals surface area contributed by atoms with Crippen molar-refractivity contribution in [3.8, 4) is 11.5 Å². The summed E-state index contributed by atoms with van der Waals surface area (Å²) in [5, 5.41) is 0.429. The maximum absolute atomic E-state index is 11.4. The van der Waals surface area contributed by atoms with Gasteiger partial charge in [-0.15, -0.1) is 0 Å². The third-order valence-corrected chi connectivity index (χ3v) is 4.19. The molecule has 2 aromatic rings. The van der Waals surface area contributed by atoms with E-state index in [1.807, 2.05) is 6.07 Å². The Bertz CT molecular complexity index is 692. The Hall–Kier alpha value is -1.80. The molecule has 1 aliphatic carbocycles. The molecule has 0 N–H and O–H groups in total. The van der Waals surface area contributed by atoms with Crippen LogP contribution in [0.4, 0.5) is 0 Å². The van der Waals surface area contributed by atoms with Gasteiger partial charge in [-0.2, -0.15) is 0 Å². The number of fused-ring (bicyclic) bond motifs is 1. The molecule has 0 atom stereocenters. The van der Waals surface area contributed by atoms with Gasteiger partial charge in [-0.3, -0.25) is 4.79 Å². The molecule has 0 radical (unpaired) electrons. The Kier molecular flexibility index (Phi) is 3.98. The van der Waals surface area contributed by atoms with Crippen molar-refractivity contribution in [2.24, 2.45) is 0 Å². The lowest BCUT2D eigenvalue weighted by atomic mass is 9.92. The Balaban J connectivity index is 1.83. The molecule has 0 saturated carbocycles. The van der Waals surface area contributed by atoms with Gasteiger partial charge in [0.05, 0.1) is 5.02 Å². The van der Waals surface area contributed by atoms with Crippen LogP contribution >= 0.6 is 11.6 Å². The van der Waals surface area contributed by atoms with Gasteiger partial charge in [0.25, 0.3) is 0 Å². The van der Waals surface area contributed by atoms with Gasteiger partial charge in [-0.25, -0.2) is 0 Å². The SMILES string of the molecule is CC(=O)c1ccc(Oc2ccc3c(c2)CCCC3)cc1Cl. The summed E-state index contributed by atoms with van der Waals surface area (Å²) in [6.07, 6.45) is 4.80. The Labute approximate surface area is 129 Å². The van der Waals surface area contributed by atoms with E-state index in [4.69, 9.17) is 16.3 Å². The predicted molar refractivity (Wildman–Crippen MR) is 84.6 cm³/mol. The van der Waals surface area contributed by atoms with E-state index in [9.17, 15) is 4.79 Å². The van der Waals surface area contributed by atoms with E-state index in [2.05, 4.69) is 12.1 Å². The maximum Gasteiger partial charge on any atom is 0.161 e. The lowest BCUT2D eigenvalue weighted by Crippen LogP contribution is -2.02. The van der Waals surface area contributed by atoms with E-state index in [0.717, 1.165) is 18.6 Å². The molecule has 2 aromatic carbocycles. The van der Waals surface area contributed by atoms with Crippen LogP contribution in [0, 0.1) is 0 Å². The molecule has 0 amide bonds. The standard InChI is InChI=1S/C18H17ClO2/c1-12(20)17-9-8-16(11-18(17)19)21-15-7-6-13-4-2-3-5-14(13)10-15/h6-11H,2-5H2,1H3. The number of rotatable bonds is 3. The molecule has 2 nitrogen and oxygen atoms in total. The highest BCUT2D eigenvalue weighted by atomic mass is 35.5. The molecular formula is C18H17ClO2. The quantitative estimate of drug-likeness (QED) is 0.727. The average Bonchev–Trinajstić information content (AvgIpc) is 2.47. The average molecular weight is 301 g/mol. The molecule has 3 heteroatoms. The van der Waals surface area contributed by atoms with Crippen molar-refractivity contribution in [1.82, 2.24) is 0 Å². The second kappa shape index (κ2) is 5.90. The third kappa shape index (κ3) is 3.11. The molecule has 21 heavy (non-hydrogen) atoms. The number of carbonyl (C=O) groups excluding carboxylic acids is 1. The fraction of sp³-hybridized carbons (Fsp3) is 0.278. The maximum atomic E-state index is 11.4. The highest BCUT2D eigenvalue weighted by Gasteiger charge is 2.11. The Morgan fingerprint density at radius 1 is 1.00 bits per heavy atom. The molecule has 0 unspecified atom stereocenters. The number of ketones is 1. The summed E-state index contributed by atoms with van der Waals surface area (Å²) in [6, 6.07) is 11.4. The van der Waals surface area contributed by atoms with E-state index >= 15 is 0 Å². The van der Waals surface area contributed by atoms with Crippen LogP contribution in [0.5, 0.6) is 11.5 Å². The predicted octanol–water partition coefficient (Wildman–Crippen LogP) is 5.21. The summed E-state index contributed by atoms with van der Waals surface area (Å²) >= 11 is 6.11. The van der Waals surface area contributed by atoms with Gasteiger partial charge in [0, 0.05) is 11.6 Å². The number of Topliss-reactive ketones (excluding diaryl/α,β-unsaturated/α-hetero) is 1. The molecule has 108 valence electrons. The fourth-order valence-electron chi connectivity index (χ4n) is 2.75. The van der Waals surface area contributed by atoms with Gasteiger partial charge in [-0.05, 0) is 68.0 Å². The van der Waals surface area contributed by atoms with Crippen LogP contribution < -0.4 is 4.74 Å². The summed E-state index contributed by atoms with van der Waals surface area (Å²) in [4.78, 5) is 11.4. The zero-order valence-electron chi connectivity index (χ0n) is 12.0. The second-order valence-electron chi connectivity index (χ2n) is 5.44. The lowest BCUT2D eigenvalue weighted by molar-refractivity contribution is 0.101. The van der Waals surface area contributed by atoms with Crippen molar-refractivity contribution in [2.45, 2.75) is 32.6 Å². The highest BCUT2D eigenvalue weighted by molar-refractivity contribution is 6.34. The Morgan fingerprint density at radius 2 is 1.67 bits per heavy atom. The van der Waals surface area contributed by atoms with Gasteiger partial charge in [0.2, 0.25) is 0 Å². The summed E-state index contributed by atoms with van der Waals surface area (Å²) in [5.41, 5.74) is 3.33. The molecule has 3 rings (SSSR count). The van der Waals surface area contributed by atoms with E-state index in [1.54, 1.807) is 18.2 Å². The lowest BCUT2D eigenvalue weighted by Gasteiger charge is -2.16. The van der Waals surface area contributed by atoms with Crippen LogP contribution in [0.2, 0.25) is 5.02 Å². The number of hydrogen-bond acceptors (Lipinski definition) is 2. The normalized spacial score (nSPS) is 13.6. The van der Waals surface area contributed by atoms with Crippen LogP contribution in [0.1, 0.15) is 41.3 Å². The first-order valence-electron chi connectivity index (χ1n) is 7.23. The first-order valence-corrected chi connectivity index (χ1v) is 7.61. The second-order valence-corrected chi connectivity index (χ2v) is 5.84. The van der Waals surface area contributed by atoms with Crippen molar-refractivity contribution >= 4 is 17.4 Å². The number of carbonyl (C=O) groups is 1. The van der Waals surface area contributed by atoms with E-state index in [0.29, 0.717) is 16.3 Å². The first kappa shape index (κ1) is 14.2. The van der Waals surface area contributed by atoms with Gasteiger partial charge in [0.1, 0.15) is 11.5 Å². The van der Waals surface area contributed by atoms with Gasteiger partial charge in [-0.1, -0.05) is 17.7 Å². The third-order valence-electron chi connectivity index (χ3n) is 3.88. The van der Waals surface area contributed by atoms with E-state index < -0.39 is 0 Å². The number of ether oxygens (including phenoxy) is 1. The Morgan fingerprint density at radius 3 is 2.38 bits per heavy atom. The van der Waals surface area contributed by atoms with Crippen LogP contribution in [0.15, 0.2) is 36.4 Å². The van der Waals surface area contributed by atoms with Crippen molar-refractivity contribution in [2.75, 3.05) is 0 Å². The van der Waals surface area contributed by atoms with Crippen molar-refractivity contribution in [1.29, 1.82) is 0 Å². The van der Waals surface area contributed by atoms with Crippen LogP contribution in [0.25, 0.3) is 0 Å². The summed E-state index contributed by atoms with van der Waals surface area (Å²) < 4.78 is 5.86. The van der Waals surface area contributed by atoms with Crippen molar-refractivity contribution < 1.29 is 9.53 Å². The van der Waals surface area contributed by atoms with Crippen LogP contribution in [-0.2, 0) is 12.8 Å². The monoisotopic (exact) mass is 300 g/mol. The molecule has 0 aromatic heterocycles. The summed E-state index contributed by atoms with van der Waals surface area (Å²) in [5.74, 6) is 1.43. The molecule has 0 aliphatic heterocycles. The summed E-state index contributed by atoms with van der Waals surface area (Å²) in [6.45, 7) is 1.51. The number of benzene rings is 2. The van der Waals surface area contributed by atoms with E-state index in [-0.39, 0.29) is 5.78 Å². The molecule has 0 heterocycles. The topological polar surface area (TPSA) is 26.3 Å². The molecule has 1 aliphatic rings. The molecule has 0 bridgehead atoms. The number of halogens is 1. The van der Waals surface area contributed by atoms with Gasteiger partial charge >= 0.3 is 0 Å². The minimum atomic E-state index is -0.0414. The van der Waals surface area contributed by atoms with Gasteiger partial charge in [0.15, 0.2) is 5.78 Å². The smallest absolute Gasteiger partial charge is 0.161 e. The zero-order valence-corrected chi connectivity index (χ0v) is 12.7. The van der Waals surface area contributed by atoms with Crippen molar-refractivity contribution in [3.63, 3.8) is 0 Å². The van der Waals surface area contributed by atoms with Crippen LogP contribution in [-0.4, -0.2) is 5.78 Å². The summed E-state index contributed by atoms with van der Waals surface area (Å²) in [7, 11) is 0. The minimum absolute atomic E-state index is 0.0414. The largest absolute Gasteiger partial charge is 0.457 e. The fourth-order valence-corrected chi connectivity index (χ4v) is 3.06. The molecular weight excluding hydrogens is 284 g/mol. The molecule has 0 fully saturated rings. The molecule has 0 saturated heterocycles. The highest BCUT2D eigenvalue weighted by Crippen LogP contribution is 2.30. The van der Waals surface area contributed by atoms with E-state index in [1.165, 1.54) is 30.9 Å². The minimum Gasteiger partial charge on any atom is -0.457 e. The van der Waals surface area contributed by atoms with Crippen LogP contribution in [0.3, 0.4) is 0 Å². The number of aryl methyl sites for hydroxylation is 2.